The standard InChI is InChI=1S/C60H40N2S/c1-4-17-42(18-5-1)48-23-10-11-26-53(48)60-49(43-19-6-2-7-20-43)27-16-29-56(60)61(47-36-38-59-54(40-47)52-25-13-15-30-58(52)63-59)46-34-31-41(32-35-46)44-33-37-51-50-24-12-14-28-55(50)62(57(51)39-44)45-21-8-3-9-22-45/h1-40H. The molecule has 0 bridgehead atoms. The highest BCUT2D eigenvalue weighted by Gasteiger charge is 2.24. The third-order valence-electron chi connectivity index (χ3n) is 12.4. The molecule has 10 aromatic carbocycles. The molecule has 12 rings (SSSR count). The zero-order chi connectivity index (χ0) is 41.7. The molecule has 0 aliphatic heterocycles. The van der Waals surface area contributed by atoms with Gasteiger partial charge in [0.1, 0.15) is 0 Å². The molecular weight excluding hydrogens is 781 g/mol. The Labute approximate surface area is 370 Å². The normalized spacial score (nSPS) is 11.5. The second kappa shape index (κ2) is 15.5. The Morgan fingerprint density at radius 2 is 0.889 bits per heavy atom. The topological polar surface area (TPSA) is 8.17 Å². The van der Waals surface area contributed by atoms with Gasteiger partial charge in [-0.3, -0.25) is 0 Å². The summed E-state index contributed by atoms with van der Waals surface area (Å²) in [4.78, 5) is 2.47. The van der Waals surface area contributed by atoms with Crippen LogP contribution in [-0.4, -0.2) is 4.57 Å². The molecule has 2 heterocycles. The average Bonchev–Trinajstić information content (AvgIpc) is 3.90. The molecule has 0 amide bonds. The van der Waals surface area contributed by atoms with E-state index in [1.54, 1.807) is 0 Å². The zero-order valence-corrected chi connectivity index (χ0v) is 35.2. The van der Waals surface area contributed by atoms with E-state index in [0.717, 1.165) is 28.3 Å². The molecule has 0 aliphatic carbocycles. The number of aromatic nitrogens is 1. The van der Waals surface area contributed by atoms with Gasteiger partial charge in [-0.05, 0) is 106 Å². The van der Waals surface area contributed by atoms with Crippen LogP contribution in [0.25, 0.3) is 92.2 Å². The minimum Gasteiger partial charge on any atom is -0.310 e. The molecular formula is C60H40N2S. The first-order chi connectivity index (χ1) is 31.3. The van der Waals surface area contributed by atoms with Crippen molar-refractivity contribution in [2.24, 2.45) is 0 Å². The molecule has 0 atom stereocenters. The van der Waals surface area contributed by atoms with Crippen molar-refractivity contribution in [1.82, 2.24) is 4.57 Å². The Morgan fingerprint density at radius 3 is 1.67 bits per heavy atom. The number of anilines is 3. The first-order valence-corrected chi connectivity index (χ1v) is 22.3. The van der Waals surface area contributed by atoms with Gasteiger partial charge in [-0.15, -0.1) is 11.3 Å². The molecule has 0 saturated carbocycles. The van der Waals surface area contributed by atoms with Gasteiger partial charge in [0.2, 0.25) is 0 Å². The average molecular weight is 821 g/mol. The molecule has 0 aliphatic rings. The fourth-order valence-electron chi connectivity index (χ4n) is 9.53. The molecule has 2 aromatic heterocycles. The molecule has 63 heavy (non-hydrogen) atoms. The summed E-state index contributed by atoms with van der Waals surface area (Å²) in [6.45, 7) is 0. The molecule has 12 aromatic rings. The number of nitrogens with zero attached hydrogens (tertiary/aromatic N) is 2. The minimum atomic E-state index is 1.08. The van der Waals surface area contributed by atoms with Crippen LogP contribution in [0.1, 0.15) is 0 Å². The van der Waals surface area contributed by atoms with E-state index in [4.69, 9.17) is 0 Å². The van der Waals surface area contributed by atoms with E-state index in [0.29, 0.717) is 0 Å². The Kier molecular flexibility index (Phi) is 9.06. The van der Waals surface area contributed by atoms with E-state index in [9.17, 15) is 0 Å². The van der Waals surface area contributed by atoms with E-state index in [1.165, 1.54) is 80.9 Å². The Morgan fingerprint density at radius 1 is 0.317 bits per heavy atom. The summed E-state index contributed by atoms with van der Waals surface area (Å²) in [5, 5.41) is 5.05. The largest absolute Gasteiger partial charge is 0.310 e. The van der Waals surface area contributed by atoms with E-state index >= 15 is 0 Å². The highest BCUT2D eigenvalue weighted by Crippen LogP contribution is 2.49. The smallest absolute Gasteiger partial charge is 0.0547 e. The first kappa shape index (κ1) is 36.8. The van der Waals surface area contributed by atoms with E-state index in [-0.39, 0.29) is 0 Å². The maximum absolute atomic E-state index is 2.47. The number of hydrogen-bond acceptors (Lipinski definition) is 2. The van der Waals surface area contributed by atoms with Crippen LogP contribution in [0.2, 0.25) is 0 Å². The first-order valence-electron chi connectivity index (χ1n) is 21.5. The van der Waals surface area contributed by atoms with Crippen LogP contribution < -0.4 is 4.90 Å². The number of benzene rings is 10. The van der Waals surface area contributed by atoms with Crippen LogP contribution in [-0.2, 0) is 0 Å². The molecule has 0 unspecified atom stereocenters. The predicted octanol–water partition coefficient (Wildman–Crippen LogP) is 17.3. The number of fused-ring (bicyclic) bond motifs is 6. The lowest BCUT2D eigenvalue weighted by Crippen LogP contribution is -2.12. The van der Waals surface area contributed by atoms with E-state index in [2.05, 4.69) is 252 Å². The van der Waals surface area contributed by atoms with Crippen molar-refractivity contribution in [2.75, 3.05) is 4.90 Å². The number of rotatable bonds is 8. The maximum atomic E-state index is 2.47. The second-order valence-corrected chi connectivity index (χ2v) is 17.1. The van der Waals surface area contributed by atoms with Crippen LogP contribution in [0.4, 0.5) is 17.1 Å². The number of para-hydroxylation sites is 2. The zero-order valence-electron chi connectivity index (χ0n) is 34.4. The highest BCUT2D eigenvalue weighted by atomic mass is 32.1. The van der Waals surface area contributed by atoms with Crippen LogP contribution in [0.3, 0.4) is 0 Å². The summed E-state index contributed by atoms with van der Waals surface area (Å²) in [5.41, 5.74) is 16.3. The van der Waals surface area contributed by atoms with Crippen LogP contribution in [0, 0.1) is 0 Å². The van der Waals surface area contributed by atoms with Crippen molar-refractivity contribution in [2.45, 2.75) is 0 Å². The SMILES string of the molecule is c1ccc(-c2ccccc2-c2c(-c3ccccc3)cccc2N(c2ccc(-c3ccc4c5ccccc5n(-c5ccccc5)c4c3)cc2)c2ccc3sc4ccccc4c3c2)cc1. The van der Waals surface area contributed by atoms with Crippen LogP contribution in [0.5, 0.6) is 0 Å². The van der Waals surface area contributed by atoms with Gasteiger partial charge in [-0.2, -0.15) is 0 Å². The molecule has 3 heteroatoms. The Hall–Kier alpha value is -7.98. The summed E-state index contributed by atoms with van der Waals surface area (Å²) in [6, 6.07) is 88.5. The van der Waals surface area contributed by atoms with Gasteiger partial charge in [-0.25, -0.2) is 0 Å². The molecule has 0 fully saturated rings. The lowest BCUT2D eigenvalue weighted by Gasteiger charge is -2.30. The van der Waals surface area contributed by atoms with Gasteiger partial charge in [0.05, 0.1) is 16.7 Å². The summed E-state index contributed by atoms with van der Waals surface area (Å²) in [5.74, 6) is 0. The number of hydrogen-bond donors (Lipinski definition) is 0. The molecule has 2 nitrogen and oxygen atoms in total. The molecule has 0 N–H and O–H groups in total. The minimum absolute atomic E-state index is 1.08. The van der Waals surface area contributed by atoms with Gasteiger partial charge < -0.3 is 9.47 Å². The summed E-state index contributed by atoms with van der Waals surface area (Å²) < 4.78 is 4.97. The molecule has 0 radical (unpaired) electrons. The lowest BCUT2D eigenvalue weighted by molar-refractivity contribution is 1.18. The van der Waals surface area contributed by atoms with Crippen molar-refractivity contribution in [3.05, 3.63) is 243 Å². The Balaban J connectivity index is 1.07. The molecule has 0 saturated heterocycles. The second-order valence-electron chi connectivity index (χ2n) is 16.1. The van der Waals surface area contributed by atoms with Gasteiger partial charge in [0, 0.05) is 53.6 Å². The predicted molar refractivity (Wildman–Crippen MR) is 270 cm³/mol. The monoisotopic (exact) mass is 820 g/mol. The van der Waals surface area contributed by atoms with Crippen molar-refractivity contribution < 1.29 is 0 Å². The summed E-state index contributed by atoms with van der Waals surface area (Å²) in [6.07, 6.45) is 0. The van der Waals surface area contributed by atoms with Gasteiger partial charge in [0.15, 0.2) is 0 Å². The third-order valence-corrected chi connectivity index (χ3v) is 13.6. The maximum Gasteiger partial charge on any atom is 0.0547 e. The van der Waals surface area contributed by atoms with Crippen LogP contribution in [0.15, 0.2) is 243 Å². The molecule has 0 spiro atoms. The van der Waals surface area contributed by atoms with Crippen LogP contribution >= 0.6 is 11.3 Å². The van der Waals surface area contributed by atoms with E-state index in [1.807, 2.05) is 11.3 Å². The fourth-order valence-corrected chi connectivity index (χ4v) is 10.6. The van der Waals surface area contributed by atoms with E-state index < -0.39 is 0 Å². The van der Waals surface area contributed by atoms with Crippen molar-refractivity contribution in [3.63, 3.8) is 0 Å². The van der Waals surface area contributed by atoms with Gasteiger partial charge in [0.25, 0.3) is 0 Å². The van der Waals surface area contributed by atoms with Crippen molar-refractivity contribution >= 4 is 70.4 Å². The lowest BCUT2D eigenvalue weighted by atomic mass is 9.87. The van der Waals surface area contributed by atoms with Crippen molar-refractivity contribution in [1.29, 1.82) is 0 Å². The van der Waals surface area contributed by atoms with Gasteiger partial charge >= 0.3 is 0 Å². The summed E-state index contributed by atoms with van der Waals surface area (Å²) >= 11 is 1.85. The fraction of sp³-hybridized carbons (Fsp3) is 0. The van der Waals surface area contributed by atoms with Gasteiger partial charge in [-0.1, -0.05) is 176 Å². The highest BCUT2D eigenvalue weighted by molar-refractivity contribution is 7.25. The summed E-state index contributed by atoms with van der Waals surface area (Å²) in [7, 11) is 0. The number of thiophene rings is 1. The van der Waals surface area contributed by atoms with Crippen molar-refractivity contribution in [3.8, 4) is 50.2 Å². The molecule has 296 valence electrons. The quantitative estimate of drug-likeness (QED) is 0.148. The third kappa shape index (κ3) is 6.41. The Bertz CT molecular complexity index is 3600.